The second-order valence-corrected chi connectivity index (χ2v) is 4.56. The van der Waals surface area contributed by atoms with E-state index in [1.54, 1.807) is 19.2 Å². The van der Waals surface area contributed by atoms with Gasteiger partial charge in [0.2, 0.25) is 0 Å². The molecule has 0 fully saturated rings. The number of thiophene rings is 1. The molecule has 6 heteroatoms. The largest absolute Gasteiger partial charge is 0.495 e. The molecule has 18 heavy (non-hydrogen) atoms. The number of hydrogen-bond acceptors (Lipinski definition) is 5. The van der Waals surface area contributed by atoms with Crippen molar-refractivity contribution in [2.75, 3.05) is 13.7 Å². The summed E-state index contributed by atoms with van der Waals surface area (Å²) >= 11 is 1.25. The number of aryl methyl sites for hydroxylation is 1. The maximum Gasteiger partial charge on any atom is 0.340 e. The molecule has 2 aromatic rings. The number of ether oxygens (including phenoxy) is 2. The Labute approximate surface area is 107 Å². The molecule has 96 valence electrons. The van der Waals surface area contributed by atoms with E-state index in [0.29, 0.717) is 27.1 Å². The number of pyridine rings is 1. The fraction of sp³-hybridized carbons (Fsp3) is 0.333. The van der Waals surface area contributed by atoms with Crippen molar-refractivity contribution in [3.63, 3.8) is 0 Å². The van der Waals surface area contributed by atoms with Crippen LogP contribution in [0.2, 0.25) is 0 Å². The van der Waals surface area contributed by atoms with E-state index in [1.807, 2.05) is 0 Å². The van der Waals surface area contributed by atoms with E-state index in [2.05, 4.69) is 4.98 Å². The monoisotopic (exact) mass is 267 g/mol. The van der Waals surface area contributed by atoms with Crippen LogP contribution >= 0.6 is 11.3 Å². The predicted molar refractivity (Wildman–Crippen MR) is 69.7 cm³/mol. The molecule has 2 heterocycles. The summed E-state index contributed by atoms with van der Waals surface area (Å²) in [7, 11) is 1.51. The highest BCUT2D eigenvalue weighted by Gasteiger charge is 2.21. The van der Waals surface area contributed by atoms with Gasteiger partial charge in [-0.2, -0.15) is 0 Å². The zero-order chi connectivity index (χ0) is 13.3. The second kappa shape index (κ2) is 4.81. The molecule has 0 aromatic carbocycles. The van der Waals surface area contributed by atoms with Gasteiger partial charge in [-0.1, -0.05) is 0 Å². The highest BCUT2D eigenvalue weighted by Crippen LogP contribution is 2.33. The summed E-state index contributed by atoms with van der Waals surface area (Å²) in [4.78, 5) is 26.4. The van der Waals surface area contributed by atoms with Gasteiger partial charge in [0, 0.05) is 11.1 Å². The molecule has 0 aliphatic rings. The molecule has 0 radical (unpaired) electrons. The molecule has 1 N–H and O–H groups in total. The Hall–Kier alpha value is -1.82. The number of carbonyl (C=O) groups is 1. The van der Waals surface area contributed by atoms with Crippen LogP contribution in [0, 0.1) is 6.92 Å². The molecule has 0 aliphatic carbocycles. The lowest BCUT2D eigenvalue weighted by Gasteiger charge is -2.08. The first kappa shape index (κ1) is 12.6. The van der Waals surface area contributed by atoms with Crippen molar-refractivity contribution in [3.8, 4) is 5.75 Å². The molecule has 2 rings (SSSR count). The summed E-state index contributed by atoms with van der Waals surface area (Å²) in [5.74, 6) is 0.0696. The van der Waals surface area contributed by atoms with Crippen molar-refractivity contribution < 1.29 is 14.3 Å². The van der Waals surface area contributed by atoms with Crippen molar-refractivity contribution in [1.82, 2.24) is 4.98 Å². The first-order chi connectivity index (χ1) is 8.60. The number of hydrogen-bond donors (Lipinski definition) is 1. The van der Waals surface area contributed by atoms with E-state index in [4.69, 9.17) is 9.47 Å². The fourth-order valence-electron chi connectivity index (χ4n) is 1.83. The number of aromatic nitrogens is 1. The number of fused-ring (bicyclic) bond motifs is 1. The zero-order valence-corrected chi connectivity index (χ0v) is 11.1. The standard InChI is InChI=1S/C12H13NO4S/c1-4-17-12(15)8-6(2)13-11(14)10-9(8)7(16-3)5-18-10/h5H,4H2,1-3H3,(H,13,14). The molecule has 0 aliphatic heterocycles. The molecule has 0 unspecified atom stereocenters. The summed E-state index contributed by atoms with van der Waals surface area (Å²) in [6, 6.07) is 0. The molecule has 0 saturated heterocycles. The van der Waals surface area contributed by atoms with Gasteiger partial charge >= 0.3 is 5.97 Å². The highest BCUT2D eigenvalue weighted by atomic mass is 32.1. The van der Waals surface area contributed by atoms with Gasteiger partial charge in [0.25, 0.3) is 5.56 Å². The number of aromatic amines is 1. The van der Waals surface area contributed by atoms with Gasteiger partial charge in [0.05, 0.1) is 24.7 Å². The van der Waals surface area contributed by atoms with Crippen LogP contribution in [-0.4, -0.2) is 24.7 Å². The van der Waals surface area contributed by atoms with Crippen molar-refractivity contribution in [2.24, 2.45) is 0 Å². The van der Waals surface area contributed by atoms with Crippen molar-refractivity contribution in [3.05, 3.63) is 27.0 Å². The molecular weight excluding hydrogens is 254 g/mol. The zero-order valence-electron chi connectivity index (χ0n) is 10.3. The number of esters is 1. The first-order valence-electron chi connectivity index (χ1n) is 5.45. The Morgan fingerprint density at radius 2 is 2.22 bits per heavy atom. The van der Waals surface area contributed by atoms with Gasteiger partial charge < -0.3 is 14.5 Å². The third kappa shape index (κ3) is 1.88. The van der Waals surface area contributed by atoms with Gasteiger partial charge in [0.15, 0.2) is 0 Å². The molecular formula is C12H13NO4S. The number of nitrogens with one attached hydrogen (secondary N) is 1. The summed E-state index contributed by atoms with van der Waals surface area (Å²) in [6.45, 7) is 3.69. The van der Waals surface area contributed by atoms with Crippen LogP contribution in [0.5, 0.6) is 5.75 Å². The van der Waals surface area contributed by atoms with Crippen molar-refractivity contribution in [2.45, 2.75) is 13.8 Å². The van der Waals surface area contributed by atoms with Gasteiger partial charge in [-0.25, -0.2) is 4.79 Å². The lowest BCUT2D eigenvalue weighted by Crippen LogP contribution is -2.15. The Kier molecular flexibility index (Phi) is 3.38. The molecule has 2 aromatic heterocycles. The summed E-state index contributed by atoms with van der Waals surface area (Å²) in [6.07, 6.45) is 0. The number of H-pyrrole nitrogens is 1. The Bertz CT molecular complexity index is 656. The van der Waals surface area contributed by atoms with Crippen LogP contribution in [0.4, 0.5) is 0 Å². The first-order valence-corrected chi connectivity index (χ1v) is 6.33. The summed E-state index contributed by atoms with van der Waals surface area (Å²) in [5.41, 5.74) is 0.635. The van der Waals surface area contributed by atoms with Gasteiger partial charge in [-0.05, 0) is 13.8 Å². The lowest BCUT2D eigenvalue weighted by atomic mass is 10.1. The minimum absolute atomic E-state index is 0.219. The van der Waals surface area contributed by atoms with Gasteiger partial charge in [0.1, 0.15) is 10.4 Å². The lowest BCUT2D eigenvalue weighted by molar-refractivity contribution is 0.0527. The third-order valence-electron chi connectivity index (χ3n) is 2.59. The maximum atomic E-state index is 12.0. The van der Waals surface area contributed by atoms with Crippen LogP contribution in [0.15, 0.2) is 10.2 Å². The fourth-order valence-corrected chi connectivity index (χ4v) is 2.75. The molecule has 0 spiro atoms. The maximum absolute atomic E-state index is 12.0. The Morgan fingerprint density at radius 1 is 1.50 bits per heavy atom. The molecule has 0 atom stereocenters. The van der Waals surface area contributed by atoms with E-state index < -0.39 is 5.97 Å². The average molecular weight is 267 g/mol. The van der Waals surface area contributed by atoms with E-state index in [1.165, 1.54) is 18.4 Å². The second-order valence-electron chi connectivity index (χ2n) is 3.68. The van der Waals surface area contributed by atoms with E-state index in [9.17, 15) is 9.59 Å². The molecule has 5 nitrogen and oxygen atoms in total. The number of carbonyl (C=O) groups excluding carboxylic acids is 1. The SMILES string of the molecule is CCOC(=O)c1c(C)[nH]c(=O)c2scc(OC)c12. The average Bonchev–Trinajstić information content (AvgIpc) is 2.73. The van der Waals surface area contributed by atoms with Gasteiger partial charge in [-0.3, -0.25) is 4.79 Å². The Morgan fingerprint density at radius 3 is 2.83 bits per heavy atom. The van der Waals surface area contributed by atoms with E-state index >= 15 is 0 Å². The smallest absolute Gasteiger partial charge is 0.340 e. The topological polar surface area (TPSA) is 68.4 Å². The molecule has 0 amide bonds. The van der Waals surface area contributed by atoms with E-state index in [-0.39, 0.29) is 12.2 Å². The predicted octanol–water partition coefficient (Wildman–Crippen LogP) is 2.08. The summed E-state index contributed by atoms with van der Waals surface area (Å²) < 4.78 is 10.7. The van der Waals surface area contributed by atoms with Crippen molar-refractivity contribution >= 4 is 27.4 Å². The minimum Gasteiger partial charge on any atom is -0.495 e. The quantitative estimate of drug-likeness (QED) is 0.864. The summed E-state index contributed by atoms with van der Waals surface area (Å²) in [5, 5.41) is 2.24. The van der Waals surface area contributed by atoms with Crippen LogP contribution in [0.25, 0.3) is 10.1 Å². The van der Waals surface area contributed by atoms with E-state index in [0.717, 1.165) is 0 Å². The number of rotatable bonds is 3. The molecule has 0 saturated carbocycles. The molecule has 0 bridgehead atoms. The third-order valence-corrected chi connectivity index (χ3v) is 3.55. The normalized spacial score (nSPS) is 10.6. The van der Waals surface area contributed by atoms with Crippen LogP contribution < -0.4 is 10.3 Å². The van der Waals surface area contributed by atoms with Crippen molar-refractivity contribution in [1.29, 1.82) is 0 Å². The van der Waals surface area contributed by atoms with Crippen LogP contribution in [-0.2, 0) is 4.74 Å². The Balaban J connectivity index is 2.81. The van der Waals surface area contributed by atoms with Crippen LogP contribution in [0.1, 0.15) is 23.0 Å². The van der Waals surface area contributed by atoms with Crippen LogP contribution in [0.3, 0.4) is 0 Å². The highest BCUT2D eigenvalue weighted by molar-refractivity contribution is 7.17. The van der Waals surface area contributed by atoms with Gasteiger partial charge in [-0.15, -0.1) is 11.3 Å². The minimum atomic E-state index is -0.451. The number of methoxy groups -OCH3 is 1.